The average molecular weight is 448 g/mol. The van der Waals surface area contributed by atoms with Crippen molar-refractivity contribution in [3.63, 3.8) is 0 Å². The Morgan fingerprint density at radius 2 is 1.70 bits per heavy atom. The number of aryl methyl sites for hydroxylation is 1. The summed E-state index contributed by atoms with van der Waals surface area (Å²) >= 11 is 0. The third kappa shape index (κ3) is 4.72. The fraction of sp³-hybridized carbons (Fsp3) is 0.308. The molecule has 2 aromatic carbocycles. The molecule has 0 saturated carbocycles. The first-order valence-corrected chi connectivity index (χ1v) is 11.2. The second kappa shape index (κ2) is 9.40. The fourth-order valence-electron chi connectivity index (χ4n) is 4.02. The lowest BCUT2D eigenvalue weighted by atomic mass is 10.1. The predicted octanol–water partition coefficient (Wildman–Crippen LogP) is 4.70. The summed E-state index contributed by atoms with van der Waals surface area (Å²) in [7, 11) is 0. The van der Waals surface area contributed by atoms with E-state index in [1.54, 1.807) is 0 Å². The Morgan fingerprint density at radius 3 is 2.39 bits per heavy atom. The van der Waals surface area contributed by atoms with E-state index in [1.807, 2.05) is 80.8 Å². The van der Waals surface area contributed by atoms with Gasteiger partial charge in [0.2, 0.25) is 5.91 Å². The third-order valence-electron chi connectivity index (χ3n) is 5.82. The molecule has 172 valence electrons. The molecule has 0 radical (unpaired) electrons. The zero-order valence-corrected chi connectivity index (χ0v) is 19.4. The minimum absolute atomic E-state index is 0.0301. The first kappa shape index (κ1) is 22.5. The van der Waals surface area contributed by atoms with Crippen LogP contribution >= 0.6 is 0 Å². The average Bonchev–Trinajstić information content (AvgIpc) is 3.12. The maximum absolute atomic E-state index is 13.1. The zero-order chi connectivity index (χ0) is 23.5. The van der Waals surface area contributed by atoms with Crippen molar-refractivity contribution in [1.82, 2.24) is 9.88 Å². The summed E-state index contributed by atoms with van der Waals surface area (Å²) in [6, 6.07) is 15.0. The molecule has 2 N–H and O–H groups in total. The molecular weight excluding hydrogens is 418 g/mol. The van der Waals surface area contributed by atoms with Gasteiger partial charge < -0.3 is 24.7 Å². The molecule has 7 nitrogen and oxygen atoms in total. The second-order valence-corrected chi connectivity index (χ2v) is 8.17. The Bertz CT molecular complexity index is 1180. The Balaban J connectivity index is 1.51. The molecule has 1 aliphatic heterocycles. The summed E-state index contributed by atoms with van der Waals surface area (Å²) in [5, 5.41) is 5.91. The van der Waals surface area contributed by atoms with E-state index in [9.17, 15) is 9.59 Å². The highest BCUT2D eigenvalue weighted by atomic mass is 16.6. The van der Waals surface area contributed by atoms with E-state index in [0.717, 1.165) is 34.1 Å². The van der Waals surface area contributed by atoms with Gasteiger partial charge >= 0.3 is 0 Å². The maximum atomic E-state index is 13.1. The van der Waals surface area contributed by atoms with Gasteiger partial charge in [-0.05, 0) is 56.7 Å². The molecule has 0 aliphatic carbocycles. The van der Waals surface area contributed by atoms with Gasteiger partial charge in [-0.15, -0.1) is 0 Å². The van der Waals surface area contributed by atoms with Gasteiger partial charge in [0.25, 0.3) is 5.91 Å². The van der Waals surface area contributed by atoms with Gasteiger partial charge in [-0.2, -0.15) is 0 Å². The van der Waals surface area contributed by atoms with Crippen LogP contribution in [-0.4, -0.2) is 29.6 Å². The number of anilines is 1. The fourth-order valence-corrected chi connectivity index (χ4v) is 4.02. The van der Waals surface area contributed by atoms with Crippen LogP contribution in [0.1, 0.15) is 53.6 Å². The number of nitrogens with one attached hydrogen (secondary N) is 2. The van der Waals surface area contributed by atoms with Gasteiger partial charge in [-0.1, -0.05) is 19.1 Å². The van der Waals surface area contributed by atoms with Gasteiger partial charge in [-0.3, -0.25) is 9.59 Å². The van der Waals surface area contributed by atoms with Crippen molar-refractivity contribution >= 4 is 17.5 Å². The van der Waals surface area contributed by atoms with E-state index in [0.29, 0.717) is 30.9 Å². The molecule has 0 saturated heterocycles. The highest BCUT2D eigenvalue weighted by molar-refractivity contribution is 5.96. The molecule has 2 heterocycles. The number of aromatic nitrogens is 1. The van der Waals surface area contributed by atoms with Crippen LogP contribution in [0.5, 0.6) is 11.5 Å². The molecule has 1 aliphatic rings. The molecule has 33 heavy (non-hydrogen) atoms. The van der Waals surface area contributed by atoms with Gasteiger partial charge in [0.1, 0.15) is 13.2 Å². The standard InChI is InChI=1S/C26H29N3O4/c1-5-25(30)28-20-8-6-19(7-9-20)17(3)27-26(31)22-14-16(2)29(18(22)4)21-10-11-23-24(15-21)33-13-12-32-23/h6-11,14-15,17H,5,12-13H2,1-4H3,(H,27,31)(H,28,30). The van der Waals surface area contributed by atoms with E-state index in [2.05, 4.69) is 10.6 Å². The molecule has 0 bridgehead atoms. The Labute approximate surface area is 193 Å². The quantitative estimate of drug-likeness (QED) is 0.574. The van der Waals surface area contributed by atoms with Crippen molar-refractivity contribution in [2.75, 3.05) is 18.5 Å². The smallest absolute Gasteiger partial charge is 0.253 e. The van der Waals surface area contributed by atoms with Crippen molar-refractivity contribution in [2.45, 2.75) is 40.2 Å². The van der Waals surface area contributed by atoms with Crippen LogP contribution in [0.2, 0.25) is 0 Å². The number of carbonyl (C=O) groups is 2. The van der Waals surface area contributed by atoms with Crippen molar-refractivity contribution < 1.29 is 19.1 Å². The molecular formula is C26H29N3O4. The molecule has 1 atom stereocenters. The molecule has 0 spiro atoms. The number of hydrogen-bond acceptors (Lipinski definition) is 4. The normalized spacial score (nSPS) is 13.3. The van der Waals surface area contributed by atoms with Crippen molar-refractivity contribution in [2.24, 2.45) is 0 Å². The summed E-state index contributed by atoms with van der Waals surface area (Å²) in [6.45, 7) is 8.75. The number of carbonyl (C=O) groups excluding carboxylic acids is 2. The van der Waals surface area contributed by atoms with Gasteiger partial charge in [0.05, 0.1) is 11.6 Å². The maximum Gasteiger partial charge on any atom is 0.253 e. The van der Waals surface area contributed by atoms with Crippen LogP contribution in [0.25, 0.3) is 5.69 Å². The highest BCUT2D eigenvalue weighted by Crippen LogP contribution is 2.33. The topological polar surface area (TPSA) is 81.6 Å². The van der Waals surface area contributed by atoms with Crippen LogP contribution in [0.4, 0.5) is 5.69 Å². The number of ether oxygens (including phenoxy) is 2. The second-order valence-electron chi connectivity index (χ2n) is 8.17. The first-order chi connectivity index (χ1) is 15.9. The molecule has 0 fully saturated rings. The van der Waals surface area contributed by atoms with E-state index in [-0.39, 0.29) is 17.9 Å². The summed E-state index contributed by atoms with van der Waals surface area (Å²) in [5.74, 6) is 1.28. The lowest BCUT2D eigenvalue weighted by Gasteiger charge is -2.20. The Kier molecular flexibility index (Phi) is 6.40. The van der Waals surface area contributed by atoms with Crippen LogP contribution in [-0.2, 0) is 4.79 Å². The number of hydrogen-bond donors (Lipinski definition) is 2. The van der Waals surface area contributed by atoms with Gasteiger partial charge in [-0.25, -0.2) is 0 Å². The summed E-state index contributed by atoms with van der Waals surface area (Å²) in [4.78, 5) is 24.7. The van der Waals surface area contributed by atoms with E-state index >= 15 is 0 Å². The molecule has 7 heteroatoms. The highest BCUT2D eigenvalue weighted by Gasteiger charge is 2.20. The van der Waals surface area contributed by atoms with Crippen LogP contribution in [0, 0.1) is 13.8 Å². The summed E-state index contributed by atoms with van der Waals surface area (Å²) < 4.78 is 13.4. The lowest BCUT2D eigenvalue weighted by molar-refractivity contribution is -0.115. The van der Waals surface area contributed by atoms with E-state index < -0.39 is 0 Å². The predicted molar refractivity (Wildman–Crippen MR) is 127 cm³/mol. The minimum atomic E-state index is -0.189. The van der Waals surface area contributed by atoms with E-state index in [1.165, 1.54) is 0 Å². The Hall–Kier alpha value is -3.74. The van der Waals surface area contributed by atoms with Gasteiger partial charge in [0, 0.05) is 35.2 Å². The lowest BCUT2D eigenvalue weighted by Crippen LogP contribution is -2.27. The molecule has 2 amide bonds. The van der Waals surface area contributed by atoms with Crippen LogP contribution in [0.15, 0.2) is 48.5 Å². The minimum Gasteiger partial charge on any atom is -0.486 e. The molecule has 1 unspecified atom stereocenters. The number of benzene rings is 2. The van der Waals surface area contributed by atoms with Crippen LogP contribution < -0.4 is 20.1 Å². The monoisotopic (exact) mass is 447 g/mol. The van der Waals surface area contributed by atoms with Crippen molar-refractivity contribution in [3.8, 4) is 17.2 Å². The largest absolute Gasteiger partial charge is 0.486 e. The molecule has 1 aromatic heterocycles. The number of amides is 2. The number of fused-ring (bicyclic) bond motifs is 1. The number of rotatable bonds is 6. The van der Waals surface area contributed by atoms with E-state index in [4.69, 9.17) is 9.47 Å². The SMILES string of the molecule is CCC(=O)Nc1ccc(C(C)NC(=O)c2cc(C)n(-c3ccc4c(c3)OCCO4)c2C)cc1. The molecule has 3 aromatic rings. The number of nitrogens with zero attached hydrogens (tertiary/aromatic N) is 1. The summed E-state index contributed by atoms with van der Waals surface area (Å²) in [6.07, 6.45) is 0.429. The Morgan fingerprint density at radius 1 is 1.00 bits per heavy atom. The zero-order valence-electron chi connectivity index (χ0n) is 19.4. The van der Waals surface area contributed by atoms with Crippen molar-refractivity contribution in [3.05, 3.63) is 71.0 Å². The first-order valence-electron chi connectivity index (χ1n) is 11.2. The van der Waals surface area contributed by atoms with Gasteiger partial charge in [0.15, 0.2) is 11.5 Å². The van der Waals surface area contributed by atoms with Crippen molar-refractivity contribution in [1.29, 1.82) is 0 Å². The third-order valence-corrected chi connectivity index (χ3v) is 5.82. The summed E-state index contributed by atoms with van der Waals surface area (Å²) in [5.41, 5.74) is 5.06. The van der Waals surface area contributed by atoms with Crippen LogP contribution in [0.3, 0.4) is 0 Å². The molecule has 4 rings (SSSR count).